The van der Waals surface area contributed by atoms with E-state index in [0.29, 0.717) is 5.69 Å². The summed E-state index contributed by atoms with van der Waals surface area (Å²) in [5.41, 5.74) is 1.49. The molecule has 6 nitrogen and oxygen atoms in total. The van der Waals surface area contributed by atoms with Crippen molar-refractivity contribution in [2.24, 2.45) is 0 Å². The molecule has 0 saturated heterocycles. The zero-order chi connectivity index (χ0) is 15.9. The fourth-order valence-corrected chi connectivity index (χ4v) is 2.08. The molecule has 0 spiro atoms. The number of hydrogen-bond donors (Lipinski definition) is 1. The van der Waals surface area contributed by atoms with Crippen LogP contribution in [0.25, 0.3) is 0 Å². The van der Waals surface area contributed by atoms with Crippen molar-refractivity contribution in [3.63, 3.8) is 0 Å². The molecule has 6 heteroatoms. The van der Waals surface area contributed by atoms with Crippen LogP contribution in [0.4, 0.5) is 5.69 Å². The van der Waals surface area contributed by atoms with Gasteiger partial charge in [0.15, 0.2) is 6.10 Å². The molecule has 118 valence electrons. The average molecular weight is 302 g/mol. The number of likely N-dealkylation sites (N-methyl/N-ethyl adjacent to an activating group) is 1. The topological polar surface area (TPSA) is 59.4 Å². The summed E-state index contributed by atoms with van der Waals surface area (Å²) in [6.45, 7) is 1.66. The van der Waals surface area contributed by atoms with Crippen LogP contribution in [-0.4, -0.2) is 48.3 Å². The fraction of sp³-hybridized carbons (Fsp3) is 0.375. The normalized spacial score (nSPS) is 12.4. The lowest BCUT2D eigenvalue weighted by atomic mass is 10.1. The van der Waals surface area contributed by atoms with E-state index in [4.69, 9.17) is 4.74 Å². The van der Waals surface area contributed by atoms with E-state index in [1.54, 1.807) is 10.9 Å². The van der Waals surface area contributed by atoms with Crippen LogP contribution < -0.4 is 5.32 Å². The molecule has 2 rings (SSSR count). The second kappa shape index (κ2) is 7.72. The number of amides is 1. The maximum Gasteiger partial charge on any atom is 0.258 e. The van der Waals surface area contributed by atoms with Crippen LogP contribution in [0, 0.1) is 0 Å². The molecule has 0 aliphatic heterocycles. The van der Waals surface area contributed by atoms with Crippen molar-refractivity contribution in [3.8, 4) is 0 Å². The van der Waals surface area contributed by atoms with Gasteiger partial charge in [0, 0.05) is 19.9 Å². The first-order valence-corrected chi connectivity index (χ1v) is 7.16. The lowest BCUT2D eigenvalue weighted by molar-refractivity contribution is -0.126. The van der Waals surface area contributed by atoms with Crippen LogP contribution >= 0.6 is 0 Å². The second-order valence-electron chi connectivity index (χ2n) is 5.31. The Balaban J connectivity index is 1.99. The van der Waals surface area contributed by atoms with Gasteiger partial charge in [-0.25, -0.2) is 0 Å². The Labute approximate surface area is 130 Å². The highest BCUT2D eigenvalue weighted by atomic mass is 16.5. The summed E-state index contributed by atoms with van der Waals surface area (Å²) in [7, 11) is 5.54. The molecule has 1 unspecified atom stereocenters. The number of methoxy groups -OCH3 is 1. The van der Waals surface area contributed by atoms with Crippen molar-refractivity contribution < 1.29 is 9.53 Å². The Bertz CT molecular complexity index is 595. The predicted molar refractivity (Wildman–Crippen MR) is 85.6 cm³/mol. The molecule has 1 atom stereocenters. The molecule has 2 aromatic rings. The lowest BCUT2D eigenvalue weighted by Crippen LogP contribution is -2.22. The predicted octanol–water partition coefficient (Wildman–Crippen LogP) is 1.77. The van der Waals surface area contributed by atoms with E-state index in [-0.39, 0.29) is 5.91 Å². The van der Waals surface area contributed by atoms with Gasteiger partial charge in [-0.2, -0.15) is 5.10 Å². The van der Waals surface area contributed by atoms with Crippen molar-refractivity contribution >= 4 is 11.6 Å². The smallest absolute Gasteiger partial charge is 0.258 e. The second-order valence-corrected chi connectivity index (χ2v) is 5.31. The number of anilines is 1. The number of nitrogens with one attached hydrogen (secondary N) is 1. The number of benzene rings is 1. The molecule has 1 N–H and O–H groups in total. The molecular weight excluding hydrogens is 280 g/mol. The number of rotatable bonds is 7. The van der Waals surface area contributed by atoms with Gasteiger partial charge in [-0.1, -0.05) is 30.3 Å². The third-order valence-corrected chi connectivity index (χ3v) is 3.25. The van der Waals surface area contributed by atoms with Gasteiger partial charge >= 0.3 is 0 Å². The molecule has 0 aliphatic carbocycles. The van der Waals surface area contributed by atoms with E-state index in [0.717, 1.165) is 18.7 Å². The number of carbonyl (C=O) groups excluding carboxylic acids is 1. The summed E-state index contributed by atoms with van der Waals surface area (Å²) in [5.74, 6) is -0.208. The summed E-state index contributed by atoms with van der Waals surface area (Å²) in [4.78, 5) is 14.4. The van der Waals surface area contributed by atoms with Crippen LogP contribution in [0.3, 0.4) is 0 Å². The minimum atomic E-state index is -0.633. The van der Waals surface area contributed by atoms with Crippen molar-refractivity contribution in [1.29, 1.82) is 0 Å². The maximum absolute atomic E-state index is 12.3. The fourth-order valence-electron chi connectivity index (χ4n) is 2.08. The molecule has 0 bridgehead atoms. The first-order valence-electron chi connectivity index (χ1n) is 7.16. The summed E-state index contributed by atoms with van der Waals surface area (Å²) in [6.07, 6.45) is 2.83. The monoisotopic (exact) mass is 302 g/mol. The van der Waals surface area contributed by atoms with Gasteiger partial charge in [-0.15, -0.1) is 0 Å². The van der Waals surface area contributed by atoms with Gasteiger partial charge in [0.2, 0.25) is 0 Å². The van der Waals surface area contributed by atoms with Crippen LogP contribution in [-0.2, 0) is 16.1 Å². The summed E-state index contributed by atoms with van der Waals surface area (Å²) in [6, 6.07) is 9.41. The minimum absolute atomic E-state index is 0.208. The number of hydrogen-bond acceptors (Lipinski definition) is 4. The van der Waals surface area contributed by atoms with E-state index >= 15 is 0 Å². The van der Waals surface area contributed by atoms with E-state index < -0.39 is 6.10 Å². The van der Waals surface area contributed by atoms with E-state index in [2.05, 4.69) is 15.3 Å². The first-order chi connectivity index (χ1) is 10.6. The summed E-state index contributed by atoms with van der Waals surface area (Å²) >= 11 is 0. The van der Waals surface area contributed by atoms with Gasteiger partial charge in [-0.3, -0.25) is 9.48 Å². The Hall–Kier alpha value is -2.18. The Morgan fingerprint density at radius 3 is 2.73 bits per heavy atom. The number of nitrogens with zero attached hydrogens (tertiary/aromatic N) is 3. The molecule has 0 saturated carbocycles. The van der Waals surface area contributed by atoms with Gasteiger partial charge in [0.05, 0.1) is 18.4 Å². The zero-order valence-corrected chi connectivity index (χ0v) is 13.2. The van der Waals surface area contributed by atoms with Gasteiger partial charge < -0.3 is 15.0 Å². The van der Waals surface area contributed by atoms with Crippen LogP contribution in [0.15, 0.2) is 42.7 Å². The SMILES string of the molecule is COC(C(=O)Nc1cnn(CCN(C)C)c1)c1ccccc1. The van der Waals surface area contributed by atoms with Gasteiger partial charge in [0.1, 0.15) is 0 Å². The number of ether oxygens (including phenoxy) is 1. The quantitative estimate of drug-likeness (QED) is 0.847. The molecule has 1 aromatic heterocycles. The molecule has 1 aromatic carbocycles. The van der Waals surface area contributed by atoms with Gasteiger partial charge in [0.25, 0.3) is 5.91 Å². The molecular formula is C16H22N4O2. The minimum Gasteiger partial charge on any atom is -0.367 e. The Morgan fingerprint density at radius 1 is 1.36 bits per heavy atom. The maximum atomic E-state index is 12.3. The number of carbonyl (C=O) groups is 1. The van der Waals surface area contributed by atoms with Crippen LogP contribution in [0.1, 0.15) is 11.7 Å². The van der Waals surface area contributed by atoms with E-state index in [1.165, 1.54) is 7.11 Å². The Morgan fingerprint density at radius 2 is 2.09 bits per heavy atom. The molecule has 1 heterocycles. The highest BCUT2D eigenvalue weighted by Crippen LogP contribution is 2.18. The summed E-state index contributed by atoms with van der Waals surface area (Å²) < 4.78 is 7.12. The molecule has 0 radical (unpaired) electrons. The first kappa shape index (κ1) is 16.2. The van der Waals surface area contributed by atoms with E-state index in [9.17, 15) is 4.79 Å². The molecule has 0 fully saturated rings. The highest BCUT2D eigenvalue weighted by Gasteiger charge is 2.20. The van der Waals surface area contributed by atoms with E-state index in [1.807, 2.05) is 50.6 Å². The molecule has 1 amide bonds. The van der Waals surface area contributed by atoms with Crippen molar-refractivity contribution in [1.82, 2.24) is 14.7 Å². The van der Waals surface area contributed by atoms with Crippen LogP contribution in [0.5, 0.6) is 0 Å². The zero-order valence-electron chi connectivity index (χ0n) is 13.2. The largest absolute Gasteiger partial charge is 0.367 e. The van der Waals surface area contributed by atoms with Gasteiger partial charge in [-0.05, 0) is 19.7 Å². The third kappa shape index (κ3) is 4.41. The standard InChI is InChI=1S/C16H22N4O2/c1-19(2)9-10-20-12-14(11-17-20)18-16(21)15(22-3)13-7-5-4-6-8-13/h4-8,11-12,15H,9-10H2,1-3H3,(H,18,21). The van der Waals surface area contributed by atoms with Crippen molar-refractivity contribution in [3.05, 3.63) is 48.3 Å². The molecule has 0 aliphatic rings. The van der Waals surface area contributed by atoms with Crippen molar-refractivity contribution in [2.45, 2.75) is 12.6 Å². The average Bonchev–Trinajstić information content (AvgIpc) is 2.94. The highest BCUT2D eigenvalue weighted by molar-refractivity contribution is 5.94. The Kier molecular flexibility index (Phi) is 5.68. The summed E-state index contributed by atoms with van der Waals surface area (Å²) in [5, 5.41) is 7.07. The van der Waals surface area contributed by atoms with Crippen LogP contribution in [0.2, 0.25) is 0 Å². The lowest BCUT2D eigenvalue weighted by Gasteiger charge is -2.14. The third-order valence-electron chi connectivity index (χ3n) is 3.25. The van der Waals surface area contributed by atoms with Crippen molar-refractivity contribution in [2.75, 3.05) is 33.1 Å². The number of aromatic nitrogens is 2. The molecule has 22 heavy (non-hydrogen) atoms.